The van der Waals surface area contributed by atoms with Crippen molar-refractivity contribution in [3.8, 4) is 5.75 Å². The molecule has 164 valence electrons. The predicted molar refractivity (Wildman–Crippen MR) is 117 cm³/mol. The molecule has 3 atom stereocenters. The lowest BCUT2D eigenvalue weighted by Crippen LogP contribution is -2.59. The SMILES string of the molecule is CC1C(=O)NC(SCC(=O)c2ccc(OC(=O)CN)cc2)NC1CC1CCCCC1. The molecule has 1 aromatic carbocycles. The van der Waals surface area contributed by atoms with E-state index in [0.717, 1.165) is 6.42 Å². The van der Waals surface area contributed by atoms with Crippen LogP contribution in [0.25, 0.3) is 0 Å². The summed E-state index contributed by atoms with van der Waals surface area (Å²) >= 11 is 1.40. The highest BCUT2D eigenvalue weighted by atomic mass is 32.2. The second kappa shape index (κ2) is 10.9. The highest BCUT2D eigenvalue weighted by Crippen LogP contribution is 2.30. The lowest BCUT2D eigenvalue weighted by atomic mass is 9.81. The number of rotatable bonds is 8. The van der Waals surface area contributed by atoms with E-state index in [-0.39, 0.29) is 41.4 Å². The molecule has 0 bridgehead atoms. The molecule has 30 heavy (non-hydrogen) atoms. The molecule has 1 aliphatic carbocycles. The molecular weight excluding hydrogens is 402 g/mol. The number of carbonyl (C=O) groups is 3. The number of benzene rings is 1. The minimum absolute atomic E-state index is 0.0461. The smallest absolute Gasteiger partial charge is 0.325 e. The van der Waals surface area contributed by atoms with Crippen LogP contribution < -0.4 is 21.1 Å². The molecule has 1 amide bonds. The maximum Gasteiger partial charge on any atom is 0.325 e. The third-order valence-corrected chi connectivity index (χ3v) is 6.94. The number of Topliss-reactive ketones (excluding diaryl/α,β-unsaturated/α-hetero) is 1. The summed E-state index contributed by atoms with van der Waals surface area (Å²) < 4.78 is 5.01. The van der Waals surface area contributed by atoms with Crippen LogP contribution in [0.15, 0.2) is 24.3 Å². The van der Waals surface area contributed by atoms with Gasteiger partial charge in [0.25, 0.3) is 0 Å². The second-order valence-electron chi connectivity index (χ2n) is 8.13. The van der Waals surface area contributed by atoms with E-state index in [9.17, 15) is 14.4 Å². The molecule has 1 aliphatic heterocycles. The van der Waals surface area contributed by atoms with Gasteiger partial charge in [0.1, 0.15) is 11.2 Å². The summed E-state index contributed by atoms with van der Waals surface area (Å²) in [6.07, 6.45) is 7.41. The van der Waals surface area contributed by atoms with Gasteiger partial charge in [-0.2, -0.15) is 0 Å². The Hall–Kier alpha value is -1.90. The van der Waals surface area contributed by atoms with Gasteiger partial charge in [0, 0.05) is 11.6 Å². The van der Waals surface area contributed by atoms with E-state index in [1.165, 1.54) is 43.9 Å². The Labute approximate surface area is 181 Å². The van der Waals surface area contributed by atoms with E-state index >= 15 is 0 Å². The molecule has 1 heterocycles. The van der Waals surface area contributed by atoms with Gasteiger partial charge in [0.2, 0.25) is 5.91 Å². The lowest BCUT2D eigenvalue weighted by Gasteiger charge is -2.38. The maximum absolute atomic E-state index is 12.5. The molecule has 8 heteroatoms. The van der Waals surface area contributed by atoms with E-state index in [0.29, 0.717) is 17.2 Å². The number of nitrogens with two attached hydrogens (primary N) is 1. The molecule has 1 saturated carbocycles. The number of amides is 1. The van der Waals surface area contributed by atoms with Crippen LogP contribution >= 0.6 is 11.8 Å². The van der Waals surface area contributed by atoms with Crippen LogP contribution in [0.2, 0.25) is 0 Å². The molecule has 3 rings (SSSR count). The molecule has 4 N–H and O–H groups in total. The first-order chi connectivity index (χ1) is 14.5. The van der Waals surface area contributed by atoms with Crippen molar-refractivity contribution in [3.63, 3.8) is 0 Å². The van der Waals surface area contributed by atoms with E-state index in [1.54, 1.807) is 24.3 Å². The number of thioether (sulfide) groups is 1. The van der Waals surface area contributed by atoms with Crippen molar-refractivity contribution in [1.82, 2.24) is 10.6 Å². The van der Waals surface area contributed by atoms with Gasteiger partial charge >= 0.3 is 5.97 Å². The van der Waals surface area contributed by atoms with Gasteiger partial charge in [0.05, 0.1) is 18.2 Å². The Morgan fingerprint density at radius 3 is 2.53 bits per heavy atom. The van der Waals surface area contributed by atoms with Gasteiger partial charge in [-0.25, -0.2) is 0 Å². The average Bonchev–Trinajstić information content (AvgIpc) is 2.76. The van der Waals surface area contributed by atoms with Gasteiger partial charge in [-0.1, -0.05) is 39.0 Å². The zero-order chi connectivity index (χ0) is 21.5. The Morgan fingerprint density at radius 2 is 1.87 bits per heavy atom. The molecule has 7 nitrogen and oxygen atoms in total. The summed E-state index contributed by atoms with van der Waals surface area (Å²) in [5, 5.41) is 6.50. The predicted octanol–water partition coefficient (Wildman–Crippen LogP) is 2.44. The molecule has 0 aromatic heterocycles. The number of carbonyl (C=O) groups excluding carboxylic acids is 3. The van der Waals surface area contributed by atoms with E-state index in [1.807, 2.05) is 6.92 Å². The molecule has 2 aliphatic rings. The van der Waals surface area contributed by atoms with Crippen molar-refractivity contribution in [2.45, 2.75) is 57.0 Å². The van der Waals surface area contributed by atoms with Gasteiger partial charge in [-0.3, -0.25) is 19.7 Å². The third kappa shape index (κ3) is 6.30. The summed E-state index contributed by atoms with van der Waals surface area (Å²) in [5.41, 5.74) is 5.49. The molecule has 1 aromatic rings. The first-order valence-corrected chi connectivity index (χ1v) is 11.7. The highest BCUT2D eigenvalue weighted by Gasteiger charge is 2.34. The van der Waals surface area contributed by atoms with Crippen molar-refractivity contribution in [2.24, 2.45) is 17.6 Å². The van der Waals surface area contributed by atoms with Crippen LogP contribution in [0.5, 0.6) is 5.75 Å². The fourth-order valence-corrected chi connectivity index (χ4v) is 5.05. The van der Waals surface area contributed by atoms with Crippen molar-refractivity contribution in [3.05, 3.63) is 29.8 Å². The Morgan fingerprint density at radius 1 is 1.17 bits per heavy atom. The zero-order valence-corrected chi connectivity index (χ0v) is 18.2. The summed E-state index contributed by atoms with van der Waals surface area (Å²) in [6.45, 7) is 1.78. The zero-order valence-electron chi connectivity index (χ0n) is 17.4. The molecule has 3 unspecified atom stereocenters. The standard InChI is InChI=1S/C22H31N3O4S/c1-14-18(11-15-5-3-2-4-6-15)24-22(25-21(14)28)30-13-19(26)16-7-9-17(10-8-16)29-20(27)12-23/h7-10,14-15,18,22,24H,2-6,11-13,23H2,1H3,(H,25,28). The van der Waals surface area contributed by atoms with Gasteiger partial charge < -0.3 is 15.8 Å². The summed E-state index contributed by atoms with van der Waals surface area (Å²) in [7, 11) is 0. The monoisotopic (exact) mass is 433 g/mol. The topological polar surface area (TPSA) is 111 Å². The minimum Gasteiger partial charge on any atom is -0.426 e. The Balaban J connectivity index is 1.50. The van der Waals surface area contributed by atoms with Crippen LogP contribution in [-0.2, 0) is 9.59 Å². The fraction of sp³-hybridized carbons (Fsp3) is 0.591. The van der Waals surface area contributed by atoms with Crippen molar-refractivity contribution in [2.75, 3.05) is 12.3 Å². The summed E-state index contributed by atoms with van der Waals surface area (Å²) in [6, 6.07) is 6.55. The normalized spacial score (nSPS) is 24.9. The van der Waals surface area contributed by atoms with Gasteiger partial charge in [-0.15, -0.1) is 11.8 Å². The van der Waals surface area contributed by atoms with E-state index < -0.39 is 5.97 Å². The van der Waals surface area contributed by atoms with Gasteiger partial charge in [-0.05, 0) is 36.6 Å². The molecule has 1 saturated heterocycles. The molecule has 2 fully saturated rings. The van der Waals surface area contributed by atoms with E-state index in [2.05, 4.69) is 10.6 Å². The third-order valence-electron chi connectivity index (χ3n) is 5.92. The van der Waals surface area contributed by atoms with Crippen LogP contribution in [-0.4, -0.2) is 41.5 Å². The number of hydrogen-bond donors (Lipinski definition) is 3. The first kappa shape index (κ1) is 22.8. The highest BCUT2D eigenvalue weighted by molar-refractivity contribution is 8.00. The number of ether oxygens (including phenoxy) is 1. The largest absolute Gasteiger partial charge is 0.426 e. The molecule has 0 radical (unpaired) electrons. The Bertz CT molecular complexity index is 749. The maximum atomic E-state index is 12.5. The average molecular weight is 434 g/mol. The fourth-order valence-electron chi connectivity index (χ4n) is 4.09. The van der Waals surface area contributed by atoms with E-state index in [4.69, 9.17) is 10.5 Å². The summed E-state index contributed by atoms with van der Waals surface area (Å²) in [5.74, 6) is 0.689. The minimum atomic E-state index is -0.527. The van der Waals surface area contributed by atoms with Crippen molar-refractivity contribution < 1.29 is 19.1 Å². The van der Waals surface area contributed by atoms with Crippen LogP contribution in [0.1, 0.15) is 55.8 Å². The Kier molecular flexibility index (Phi) is 8.30. The number of nitrogens with one attached hydrogen (secondary N) is 2. The van der Waals surface area contributed by atoms with Gasteiger partial charge in [0.15, 0.2) is 5.78 Å². The van der Waals surface area contributed by atoms with Crippen molar-refractivity contribution >= 4 is 29.4 Å². The van der Waals surface area contributed by atoms with Crippen molar-refractivity contribution in [1.29, 1.82) is 0 Å². The quantitative estimate of drug-likeness (QED) is 0.328. The number of ketones is 1. The first-order valence-electron chi connectivity index (χ1n) is 10.7. The molecule has 0 spiro atoms. The van der Waals surface area contributed by atoms with Crippen LogP contribution in [0.4, 0.5) is 0 Å². The lowest BCUT2D eigenvalue weighted by molar-refractivity contribution is -0.132. The second-order valence-corrected chi connectivity index (χ2v) is 9.22. The molecular formula is C22H31N3O4S. The van der Waals surface area contributed by atoms with Crippen LogP contribution in [0, 0.1) is 11.8 Å². The van der Waals surface area contributed by atoms with Crippen LogP contribution in [0.3, 0.4) is 0 Å². The number of hydrogen-bond acceptors (Lipinski definition) is 7. The number of esters is 1. The summed E-state index contributed by atoms with van der Waals surface area (Å²) in [4.78, 5) is 36.2.